The number of nitrogens with one attached hydrogen (secondary N) is 1. The average Bonchev–Trinajstić information content (AvgIpc) is 2.85. The molecule has 0 bridgehead atoms. The molecule has 34 heavy (non-hydrogen) atoms. The number of para-hydroxylation sites is 1. The molecule has 1 amide bonds. The van der Waals surface area contributed by atoms with Gasteiger partial charge in [-0.25, -0.2) is 0 Å². The van der Waals surface area contributed by atoms with Gasteiger partial charge in [0.05, 0.1) is 25.3 Å². The second kappa shape index (κ2) is 9.62. The molecule has 0 radical (unpaired) electrons. The predicted octanol–water partition coefficient (Wildman–Crippen LogP) is 4.20. The third kappa shape index (κ3) is 4.54. The number of amides is 1. The highest BCUT2D eigenvalue weighted by Crippen LogP contribution is 2.29. The molecule has 0 saturated heterocycles. The Balaban J connectivity index is 1.69. The zero-order valence-electron chi connectivity index (χ0n) is 19.1. The van der Waals surface area contributed by atoms with E-state index in [0.29, 0.717) is 33.7 Å². The van der Waals surface area contributed by atoms with E-state index in [4.69, 9.17) is 9.47 Å². The van der Waals surface area contributed by atoms with Crippen LogP contribution in [0.15, 0.2) is 77.7 Å². The van der Waals surface area contributed by atoms with Crippen LogP contribution in [0.2, 0.25) is 0 Å². The molecule has 1 heterocycles. The van der Waals surface area contributed by atoms with Crippen molar-refractivity contribution in [3.05, 3.63) is 99.8 Å². The summed E-state index contributed by atoms with van der Waals surface area (Å²) in [5.41, 5.74) is 2.18. The highest BCUT2D eigenvalue weighted by atomic mass is 16.5. The van der Waals surface area contributed by atoms with Crippen LogP contribution >= 0.6 is 0 Å². The number of carbonyl (C=O) groups excluding carboxylic acids is 2. The lowest BCUT2D eigenvalue weighted by Crippen LogP contribution is -2.24. The quantitative estimate of drug-likeness (QED) is 0.421. The number of pyridine rings is 1. The largest absolute Gasteiger partial charge is 0.493 e. The van der Waals surface area contributed by atoms with Crippen LogP contribution < -0.4 is 20.2 Å². The summed E-state index contributed by atoms with van der Waals surface area (Å²) >= 11 is 0. The first-order chi connectivity index (χ1) is 16.4. The second-order valence-corrected chi connectivity index (χ2v) is 7.83. The SMILES string of the molecule is COc1ccc(NC(=O)Cn2cc(C(=O)c3ccc(C)cc3)c(=O)c3ccccc32)cc1OC. The van der Waals surface area contributed by atoms with Crippen LogP contribution in [0, 0.1) is 6.92 Å². The number of fused-ring (bicyclic) bond motifs is 1. The second-order valence-electron chi connectivity index (χ2n) is 7.83. The fourth-order valence-corrected chi connectivity index (χ4v) is 3.77. The number of carbonyl (C=O) groups is 2. The van der Waals surface area contributed by atoms with E-state index in [0.717, 1.165) is 5.56 Å². The van der Waals surface area contributed by atoms with Crippen molar-refractivity contribution in [2.24, 2.45) is 0 Å². The topological polar surface area (TPSA) is 86.6 Å². The summed E-state index contributed by atoms with van der Waals surface area (Å²) in [5, 5.41) is 3.20. The van der Waals surface area contributed by atoms with Crippen LogP contribution in [-0.2, 0) is 11.3 Å². The Morgan fingerprint density at radius 3 is 2.32 bits per heavy atom. The van der Waals surface area contributed by atoms with Crippen LogP contribution in [0.25, 0.3) is 10.9 Å². The molecular formula is C27H24N2O5. The Kier molecular flexibility index (Phi) is 6.45. The number of aryl methyl sites for hydroxylation is 1. The van der Waals surface area contributed by atoms with Gasteiger partial charge in [0.15, 0.2) is 17.3 Å². The van der Waals surface area contributed by atoms with E-state index < -0.39 is 0 Å². The third-order valence-corrected chi connectivity index (χ3v) is 5.53. The lowest BCUT2D eigenvalue weighted by molar-refractivity contribution is -0.116. The minimum absolute atomic E-state index is 0.0152. The maximum absolute atomic E-state index is 13.1. The standard InChI is InChI=1S/C27H24N2O5/c1-17-8-10-18(11-9-17)26(31)21-15-29(22-7-5-4-6-20(22)27(21)32)16-25(30)28-19-12-13-23(33-2)24(14-19)34-3/h4-15H,16H2,1-3H3,(H,28,30). The molecule has 172 valence electrons. The average molecular weight is 456 g/mol. The Labute approximate surface area is 196 Å². The number of methoxy groups -OCH3 is 2. The van der Waals surface area contributed by atoms with Gasteiger partial charge in [0, 0.05) is 28.9 Å². The van der Waals surface area contributed by atoms with Crippen molar-refractivity contribution in [3.8, 4) is 11.5 Å². The minimum Gasteiger partial charge on any atom is -0.493 e. The molecule has 0 saturated carbocycles. The smallest absolute Gasteiger partial charge is 0.244 e. The minimum atomic E-state index is -0.384. The predicted molar refractivity (Wildman–Crippen MR) is 131 cm³/mol. The van der Waals surface area contributed by atoms with Crippen LogP contribution in [0.1, 0.15) is 21.5 Å². The first kappa shape index (κ1) is 22.8. The van der Waals surface area contributed by atoms with Crippen LogP contribution in [0.3, 0.4) is 0 Å². The van der Waals surface area contributed by atoms with E-state index in [-0.39, 0.29) is 29.2 Å². The lowest BCUT2D eigenvalue weighted by atomic mass is 10.0. The van der Waals surface area contributed by atoms with Crippen molar-refractivity contribution in [1.29, 1.82) is 0 Å². The van der Waals surface area contributed by atoms with Gasteiger partial charge in [-0.2, -0.15) is 0 Å². The molecule has 7 nitrogen and oxygen atoms in total. The Morgan fingerprint density at radius 1 is 0.912 bits per heavy atom. The van der Waals surface area contributed by atoms with E-state index in [2.05, 4.69) is 5.32 Å². The number of hydrogen-bond acceptors (Lipinski definition) is 5. The lowest BCUT2D eigenvalue weighted by Gasteiger charge is -2.14. The van der Waals surface area contributed by atoms with Crippen molar-refractivity contribution in [3.63, 3.8) is 0 Å². The highest BCUT2D eigenvalue weighted by Gasteiger charge is 2.18. The van der Waals surface area contributed by atoms with Gasteiger partial charge in [-0.15, -0.1) is 0 Å². The van der Waals surface area contributed by atoms with Gasteiger partial charge < -0.3 is 19.4 Å². The maximum Gasteiger partial charge on any atom is 0.244 e. The Bertz CT molecular complexity index is 1440. The van der Waals surface area contributed by atoms with E-state index in [9.17, 15) is 14.4 Å². The van der Waals surface area contributed by atoms with Crippen molar-refractivity contribution < 1.29 is 19.1 Å². The monoisotopic (exact) mass is 456 g/mol. The molecule has 1 aromatic heterocycles. The summed E-state index contributed by atoms with van der Waals surface area (Å²) in [7, 11) is 3.05. The number of nitrogens with zero attached hydrogens (tertiary/aromatic N) is 1. The molecule has 0 aliphatic rings. The summed E-state index contributed by atoms with van der Waals surface area (Å²) in [5.74, 6) is 0.325. The van der Waals surface area contributed by atoms with Crippen molar-refractivity contribution in [2.75, 3.05) is 19.5 Å². The zero-order chi connectivity index (χ0) is 24.2. The fourth-order valence-electron chi connectivity index (χ4n) is 3.77. The number of ether oxygens (including phenoxy) is 2. The Hall–Kier alpha value is -4.39. The molecule has 0 aliphatic carbocycles. The molecular weight excluding hydrogens is 432 g/mol. The molecule has 0 fully saturated rings. The van der Waals surface area contributed by atoms with E-state index in [1.165, 1.54) is 20.4 Å². The number of aromatic nitrogens is 1. The van der Waals surface area contributed by atoms with Gasteiger partial charge >= 0.3 is 0 Å². The maximum atomic E-state index is 13.1. The van der Waals surface area contributed by atoms with E-state index >= 15 is 0 Å². The number of benzene rings is 3. The normalized spacial score (nSPS) is 10.7. The van der Waals surface area contributed by atoms with Crippen LogP contribution in [-0.4, -0.2) is 30.5 Å². The molecule has 0 spiro atoms. The van der Waals surface area contributed by atoms with Crippen LogP contribution in [0.5, 0.6) is 11.5 Å². The van der Waals surface area contributed by atoms with Gasteiger partial charge in [0.1, 0.15) is 6.54 Å². The molecule has 0 unspecified atom stereocenters. The first-order valence-corrected chi connectivity index (χ1v) is 10.7. The number of anilines is 1. The molecule has 0 atom stereocenters. The van der Waals surface area contributed by atoms with E-state index in [1.54, 1.807) is 59.2 Å². The van der Waals surface area contributed by atoms with Crippen LogP contribution in [0.4, 0.5) is 5.69 Å². The summed E-state index contributed by atoms with van der Waals surface area (Å²) in [6.45, 7) is 1.83. The summed E-state index contributed by atoms with van der Waals surface area (Å²) in [6, 6.07) is 19.0. The molecule has 1 N–H and O–H groups in total. The van der Waals surface area contributed by atoms with Gasteiger partial charge in [-0.3, -0.25) is 14.4 Å². The molecule has 3 aromatic carbocycles. The van der Waals surface area contributed by atoms with Gasteiger partial charge in [-0.05, 0) is 31.2 Å². The van der Waals surface area contributed by atoms with Crippen molar-refractivity contribution >= 4 is 28.3 Å². The van der Waals surface area contributed by atoms with Crippen molar-refractivity contribution in [2.45, 2.75) is 13.5 Å². The summed E-state index contributed by atoms with van der Waals surface area (Å²) in [6.07, 6.45) is 1.46. The first-order valence-electron chi connectivity index (χ1n) is 10.7. The van der Waals surface area contributed by atoms with Crippen molar-refractivity contribution in [1.82, 2.24) is 4.57 Å². The molecule has 0 aliphatic heterocycles. The molecule has 7 heteroatoms. The fraction of sp³-hybridized carbons (Fsp3) is 0.148. The number of rotatable bonds is 7. The zero-order valence-corrected chi connectivity index (χ0v) is 19.1. The third-order valence-electron chi connectivity index (χ3n) is 5.53. The Morgan fingerprint density at radius 2 is 1.62 bits per heavy atom. The summed E-state index contributed by atoms with van der Waals surface area (Å²) in [4.78, 5) is 39.1. The van der Waals surface area contributed by atoms with Gasteiger partial charge in [0.25, 0.3) is 0 Å². The highest BCUT2D eigenvalue weighted by molar-refractivity contribution is 6.10. The molecule has 4 rings (SSSR count). The van der Waals surface area contributed by atoms with Gasteiger partial charge in [0.2, 0.25) is 11.3 Å². The molecule has 4 aromatic rings. The summed E-state index contributed by atoms with van der Waals surface area (Å²) < 4.78 is 12.1. The van der Waals surface area contributed by atoms with E-state index in [1.807, 2.05) is 19.1 Å². The van der Waals surface area contributed by atoms with Gasteiger partial charge in [-0.1, -0.05) is 42.0 Å². The number of hydrogen-bond donors (Lipinski definition) is 1. The number of ketones is 1.